The molecule has 5 nitrogen and oxygen atoms in total. The van der Waals surface area contributed by atoms with Gasteiger partial charge in [0.25, 0.3) is 0 Å². The first kappa shape index (κ1) is 17.6. The summed E-state index contributed by atoms with van der Waals surface area (Å²) < 4.78 is 38.9. The maximum Gasteiger partial charge on any atom is 0.416 e. The van der Waals surface area contributed by atoms with Crippen molar-refractivity contribution in [3.05, 3.63) is 57.8 Å². The van der Waals surface area contributed by atoms with Gasteiger partial charge in [0.05, 0.1) is 17.4 Å². The lowest BCUT2D eigenvalue weighted by Gasteiger charge is -2.39. The minimum absolute atomic E-state index is 0.0731. The highest BCUT2D eigenvalue weighted by atomic mass is 19.4. The standard InChI is InChI=1S/C19H16F3N3O2/c20-19(21,22)12-2-1-3-13(8-12)24-14-9-23-17(18(26)25-27)16-11-6-4-10(5-7-11)15(14)16/h1-3,8-11,24H,4-7H2. The predicted octanol–water partition coefficient (Wildman–Crippen LogP) is 5.51. The number of nitrogens with zero attached hydrogens (tertiary/aromatic N) is 2. The van der Waals surface area contributed by atoms with E-state index in [-0.39, 0.29) is 17.5 Å². The molecule has 8 heteroatoms. The first-order valence-corrected chi connectivity index (χ1v) is 8.73. The molecule has 1 aromatic carbocycles. The summed E-state index contributed by atoms with van der Waals surface area (Å²) in [5.41, 5.74) is 1.83. The second kappa shape index (κ2) is 6.44. The number of carbonyl (C=O) groups excluding carboxylic acids is 1. The Bertz CT molecular complexity index is 919. The average molecular weight is 375 g/mol. The van der Waals surface area contributed by atoms with E-state index in [0.29, 0.717) is 11.4 Å². The van der Waals surface area contributed by atoms with Crippen LogP contribution in [0.15, 0.2) is 35.6 Å². The number of nitroso groups, excluding NO2 is 1. The van der Waals surface area contributed by atoms with Crippen LogP contribution in [0, 0.1) is 4.91 Å². The third-order valence-corrected chi connectivity index (χ3v) is 5.46. The van der Waals surface area contributed by atoms with Crippen molar-refractivity contribution in [3.8, 4) is 0 Å². The van der Waals surface area contributed by atoms with E-state index in [1.165, 1.54) is 12.3 Å². The predicted molar refractivity (Wildman–Crippen MR) is 93.0 cm³/mol. The molecule has 0 unspecified atom stereocenters. The second-order valence-corrected chi connectivity index (χ2v) is 7.00. The molecule has 2 aromatic rings. The van der Waals surface area contributed by atoms with Crippen LogP contribution in [0.2, 0.25) is 0 Å². The summed E-state index contributed by atoms with van der Waals surface area (Å²) in [4.78, 5) is 26.8. The van der Waals surface area contributed by atoms with Crippen molar-refractivity contribution in [3.63, 3.8) is 0 Å². The van der Waals surface area contributed by atoms with E-state index in [0.717, 1.165) is 48.9 Å². The Labute approximate surface area is 153 Å². The minimum Gasteiger partial charge on any atom is -0.354 e. The number of pyridine rings is 1. The molecule has 3 aliphatic rings. The number of aromatic nitrogens is 1. The zero-order chi connectivity index (χ0) is 19.2. The maximum atomic E-state index is 13.0. The zero-order valence-electron chi connectivity index (χ0n) is 14.2. The van der Waals surface area contributed by atoms with Crippen molar-refractivity contribution in [2.75, 3.05) is 5.32 Å². The quantitative estimate of drug-likeness (QED) is 0.719. The van der Waals surface area contributed by atoms with Crippen LogP contribution in [0.5, 0.6) is 0 Å². The normalized spacial score (nSPS) is 20.9. The van der Waals surface area contributed by atoms with Gasteiger partial charge < -0.3 is 5.32 Å². The van der Waals surface area contributed by atoms with E-state index in [1.54, 1.807) is 6.07 Å². The van der Waals surface area contributed by atoms with Gasteiger partial charge in [0, 0.05) is 10.9 Å². The van der Waals surface area contributed by atoms with Gasteiger partial charge in [-0.3, -0.25) is 4.79 Å². The molecule has 3 aliphatic carbocycles. The number of hydrogen-bond acceptors (Lipinski definition) is 4. The number of hydrogen-bond donors (Lipinski definition) is 1. The molecule has 1 amide bonds. The first-order chi connectivity index (χ1) is 12.9. The molecule has 1 saturated carbocycles. The Morgan fingerprint density at radius 2 is 1.78 bits per heavy atom. The number of rotatable bonds is 3. The molecule has 27 heavy (non-hydrogen) atoms. The molecule has 1 aromatic heterocycles. The average Bonchev–Trinajstić information content (AvgIpc) is 2.68. The van der Waals surface area contributed by atoms with Crippen LogP contribution < -0.4 is 5.32 Å². The molecule has 0 spiro atoms. The van der Waals surface area contributed by atoms with Crippen LogP contribution in [0.3, 0.4) is 0 Å². The monoisotopic (exact) mass is 375 g/mol. The van der Waals surface area contributed by atoms with Crippen LogP contribution in [-0.4, -0.2) is 10.9 Å². The van der Waals surface area contributed by atoms with E-state index in [4.69, 9.17) is 0 Å². The molecule has 0 aliphatic heterocycles. The number of fused-ring (bicyclic) bond motifs is 2. The summed E-state index contributed by atoms with van der Waals surface area (Å²) in [6, 6.07) is 4.94. The van der Waals surface area contributed by atoms with E-state index >= 15 is 0 Å². The smallest absolute Gasteiger partial charge is 0.354 e. The highest BCUT2D eigenvalue weighted by Gasteiger charge is 2.38. The number of amides is 1. The summed E-state index contributed by atoms with van der Waals surface area (Å²) in [6.07, 6.45) is 0.692. The molecule has 1 fully saturated rings. The van der Waals surface area contributed by atoms with Gasteiger partial charge in [0.1, 0.15) is 5.69 Å². The lowest BCUT2D eigenvalue weighted by atomic mass is 9.66. The summed E-state index contributed by atoms with van der Waals surface area (Å²) >= 11 is 0. The number of anilines is 2. The highest BCUT2D eigenvalue weighted by Crippen LogP contribution is 2.52. The van der Waals surface area contributed by atoms with E-state index < -0.39 is 17.6 Å². The highest BCUT2D eigenvalue weighted by molar-refractivity contribution is 5.95. The van der Waals surface area contributed by atoms with Gasteiger partial charge in [-0.1, -0.05) is 6.07 Å². The Balaban J connectivity index is 1.78. The van der Waals surface area contributed by atoms with Gasteiger partial charge in [-0.05, 0) is 66.8 Å². The lowest BCUT2D eigenvalue weighted by molar-refractivity contribution is -0.137. The van der Waals surface area contributed by atoms with Crippen LogP contribution in [0.1, 0.15) is 64.7 Å². The molecule has 1 N–H and O–H groups in total. The fourth-order valence-corrected chi connectivity index (χ4v) is 4.31. The lowest BCUT2D eigenvalue weighted by Crippen LogP contribution is -2.26. The Kier molecular flexibility index (Phi) is 4.20. The topological polar surface area (TPSA) is 71.4 Å². The Morgan fingerprint density at radius 1 is 1.11 bits per heavy atom. The molecular weight excluding hydrogens is 359 g/mol. The van der Waals surface area contributed by atoms with Crippen LogP contribution in [0.4, 0.5) is 24.5 Å². The van der Waals surface area contributed by atoms with E-state index in [9.17, 15) is 22.9 Å². The fourth-order valence-electron chi connectivity index (χ4n) is 4.31. The number of alkyl halides is 3. The van der Waals surface area contributed by atoms with E-state index in [2.05, 4.69) is 15.5 Å². The van der Waals surface area contributed by atoms with Crippen LogP contribution in [-0.2, 0) is 6.18 Å². The largest absolute Gasteiger partial charge is 0.416 e. The van der Waals surface area contributed by atoms with Gasteiger partial charge in [-0.25, -0.2) is 4.98 Å². The molecule has 1 heterocycles. The molecule has 0 atom stereocenters. The minimum atomic E-state index is -4.43. The van der Waals surface area contributed by atoms with Gasteiger partial charge >= 0.3 is 12.1 Å². The molecular formula is C19H16F3N3O2. The fraction of sp³-hybridized carbons (Fsp3) is 0.368. The van der Waals surface area contributed by atoms with Crippen molar-refractivity contribution in [1.82, 2.24) is 4.98 Å². The Morgan fingerprint density at radius 3 is 2.41 bits per heavy atom. The van der Waals surface area contributed by atoms with Crippen LogP contribution in [0.25, 0.3) is 0 Å². The summed E-state index contributed by atoms with van der Waals surface area (Å²) in [6.45, 7) is 0. The number of carbonyl (C=O) groups is 1. The van der Waals surface area contributed by atoms with Crippen molar-refractivity contribution < 1.29 is 18.0 Å². The van der Waals surface area contributed by atoms with Crippen molar-refractivity contribution in [2.24, 2.45) is 5.18 Å². The molecule has 0 saturated heterocycles. The SMILES string of the molecule is O=NC(=O)c1ncc(Nc2cccc(C(F)(F)F)c2)c2c1C1CCC2CC1. The van der Waals surface area contributed by atoms with Gasteiger partial charge in [0.15, 0.2) is 0 Å². The third kappa shape index (κ3) is 3.09. The Hall–Kier alpha value is -2.77. The zero-order valence-corrected chi connectivity index (χ0v) is 14.2. The number of halogens is 3. The summed E-state index contributed by atoms with van der Waals surface area (Å²) in [5, 5.41) is 5.54. The van der Waals surface area contributed by atoms with Crippen molar-refractivity contribution in [2.45, 2.75) is 43.7 Å². The molecule has 0 radical (unpaired) electrons. The molecule has 2 bridgehead atoms. The molecule has 140 valence electrons. The van der Waals surface area contributed by atoms with Crippen molar-refractivity contribution in [1.29, 1.82) is 0 Å². The van der Waals surface area contributed by atoms with Gasteiger partial charge in [0.2, 0.25) is 0 Å². The summed E-state index contributed by atoms with van der Waals surface area (Å²) in [7, 11) is 0. The van der Waals surface area contributed by atoms with Gasteiger partial charge in [-0.15, -0.1) is 4.91 Å². The van der Waals surface area contributed by atoms with E-state index in [1.807, 2.05) is 0 Å². The number of nitrogens with one attached hydrogen (secondary N) is 1. The van der Waals surface area contributed by atoms with Crippen LogP contribution >= 0.6 is 0 Å². The first-order valence-electron chi connectivity index (χ1n) is 8.73. The van der Waals surface area contributed by atoms with Crippen molar-refractivity contribution >= 4 is 17.3 Å². The third-order valence-electron chi connectivity index (χ3n) is 5.46. The number of benzene rings is 1. The maximum absolute atomic E-state index is 13.0. The summed E-state index contributed by atoms with van der Waals surface area (Å²) in [5.74, 6) is -0.578. The van der Waals surface area contributed by atoms with Gasteiger partial charge in [-0.2, -0.15) is 13.2 Å². The molecule has 5 rings (SSSR count). The second-order valence-electron chi connectivity index (χ2n) is 7.00.